The molecule has 0 saturated heterocycles. The fraction of sp³-hybridized carbons (Fsp3) is 0.350. The number of aldehydes is 1. The summed E-state index contributed by atoms with van der Waals surface area (Å²) in [5.74, 6) is 1.45. The van der Waals surface area contributed by atoms with E-state index < -0.39 is 0 Å². The van der Waals surface area contributed by atoms with Gasteiger partial charge in [-0.2, -0.15) is 0 Å². The van der Waals surface area contributed by atoms with E-state index in [0.29, 0.717) is 13.0 Å². The number of hydrogen-bond acceptors (Lipinski definition) is 3. The first-order chi connectivity index (χ1) is 11.1. The highest BCUT2D eigenvalue weighted by Gasteiger charge is 2.21. The molecule has 0 aromatic heterocycles. The van der Waals surface area contributed by atoms with Gasteiger partial charge in [-0.25, -0.2) is 0 Å². The number of carbonyl (C=O) groups is 1. The quantitative estimate of drug-likeness (QED) is 0.672. The topological polar surface area (TPSA) is 35.5 Å². The van der Waals surface area contributed by atoms with Crippen molar-refractivity contribution in [1.29, 1.82) is 0 Å². The zero-order valence-corrected chi connectivity index (χ0v) is 14.0. The number of carbonyl (C=O) groups excluding carboxylic acids is 1. The molecule has 0 unspecified atom stereocenters. The minimum atomic E-state index is -0.0853. The lowest BCUT2D eigenvalue weighted by molar-refractivity contribution is -0.108. The van der Waals surface area contributed by atoms with Crippen LogP contribution in [-0.4, -0.2) is 13.4 Å². The largest absolute Gasteiger partial charge is 0.493 e. The second kappa shape index (κ2) is 7.82. The Morgan fingerprint density at radius 3 is 2.43 bits per heavy atom. The molecule has 0 spiro atoms. The van der Waals surface area contributed by atoms with E-state index in [-0.39, 0.29) is 5.41 Å². The van der Waals surface area contributed by atoms with Gasteiger partial charge in [0, 0.05) is 6.42 Å². The minimum absolute atomic E-state index is 0.0853. The number of ether oxygens (including phenoxy) is 2. The van der Waals surface area contributed by atoms with Gasteiger partial charge in [0.15, 0.2) is 11.5 Å². The smallest absolute Gasteiger partial charge is 0.161 e. The van der Waals surface area contributed by atoms with E-state index in [2.05, 4.69) is 13.8 Å². The lowest BCUT2D eigenvalue weighted by Gasteiger charge is -2.25. The summed E-state index contributed by atoms with van der Waals surface area (Å²) in [7, 11) is 1.64. The van der Waals surface area contributed by atoms with Crippen molar-refractivity contribution in [2.75, 3.05) is 7.11 Å². The molecule has 2 aromatic carbocycles. The molecule has 0 atom stereocenters. The summed E-state index contributed by atoms with van der Waals surface area (Å²) in [5, 5.41) is 0. The van der Waals surface area contributed by atoms with Crippen molar-refractivity contribution in [3.63, 3.8) is 0 Å². The number of rotatable bonds is 8. The normalized spacial score (nSPS) is 11.1. The lowest BCUT2D eigenvalue weighted by Crippen LogP contribution is -2.17. The van der Waals surface area contributed by atoms with Crippen LogP contribution in [0.5, 0.6) is 11.5 Å². The third-order valence-electron chi connectivity index (χ3n) is 4.07. The van der Waals surface area contributed by atoms with Crippen LogP contribution in [0.1, 0.15) is 37.8 Å². The van der Waals surface area contributed by atoms with E-state index in [1.807, 2.05) is 48.5 Å². The van der Waals surface area contributed by atoms with Gasteiger partial charge >= 0.3 is 0 Å². The van der Waals surface area contributed by atoms with Gasteiger partial charge in [0.2, 0.25) is 0 Å². The maximum atomic E-state index is 10.7. The summed E-state index contributed by atoms with van der Waals surface area (Å²) in [6.45, 7) is 4.77. The maximum Gasteiger partial charge on any atom is 0.161 e. The predicted molar refractivity (Wildman–Crippen MR) is 92.1 cm³/mol. The van der Waals surface area contributed by atoms with Gasteiger partial charge in [0.25, 0.3) is 0 Å². The summed E-state index contributed by atoms with van der Waals surface area (Å²) in [6.07, 6.45) is 2.33. The predicted octanol–water partition coefficient (Wildman–Crippen LogP) is 4.53. The average molecular weight is 312 g/mol. The molecule has 3 nitrogen and oxygen atoms in total. The zero-order valence-electron chi connectivity index (χ0n) is 14.0. The number of benzene rings is 2. The van der Waals surface area contributed by atoms with E-state index in [1.54, 1.807) is 7.11 Å². The van der Waals surface area contributed by atoms with Gasteiger partial charge < -0.3 is 14.3 Å². The summed E-state index contributed by atoms with van der Waals surface area (Å²) in [4.78, 5) is 10.7. The molecule has 0 aliphatic heterocycles. The van der Waals surface area contributed by atoms with Gasteiger partial charge in [-0.15, -0.1) is 0 Å². The fourth-order valence-corrected chi connectivity index (χ4v) is 2.51. The molecular formula is C20H24O3. The molecule has 0 amide bonds. The Hall–Kier alpha value is -2.29. The van der Waals surface area contributed by atoms with E-state index in [9.17, 15) is 4.79 Å². The molecule has 0 heterocycles. The first-order valence-corrected chi connectivity index (χ1v) is 7.85. The van der Waals surface area contributed by atoms with Gasteiger partial charge in [-0.05, 0) is 35.1 Å². The molecule has 23 heavy (non-hydrogen) atoms. The van der Waals surface area contributed by atoms with Crippen LogP contribution < -0.4 is 9.47 Å². The maximum absolute atomic E-state index is 10.7. The van der Waals surface area contributed by atoms with E-state index in [1.165, 1.54) is 0 Å². The van der Waals surface area contributed by atoms with E-state index >= 15 is 0 Å². The first-order valence-electron chi connectivity index (χ1n) is 7.85. The van der Waals surface area contributed by atoms with Crippen molar-refractivity contribution in [3.8, 4) is 11.5 Å². The summed E-state index contributed by atoms with van der Waals surface area (Å²) < 4.78 is 11.4. The Morgan fingerprint density at radius 2 is 1.78 bits per heavy atom. The Bertz CT molecular complexity index is 633. The lowest BCUT2D eigenvalue weighted by atomic mass is 9.80. The van der Waals surface area contributed by atoms with Crippen LogP contribution in [0.15, 0.2) is 48.5 Å². The third kappa shape index (κ3) is 4.59. The Labute approximate surface area is 138 Å². The highest BCUT2D eigenvalue weighted by Crippen LogP contribution is 2.35. The number of methoxy groups -OCH3 is 1. The van der Waals surface area contributed by atoms with Crippen molar-refractivity contribution in [2.24, 2.45) is 0 Å². The summed E-state index contributed by atoms with van der Waals surface area (Å²) >= 11 is 0. The highest BCUT2D eigenvalue weighted by molar-refractivity contribution is 5.50. The number of hydrogen-bond donors (Lipinski definition) is 0. The van der Waals surface area contributed by atoms with Crippen molar-refractivity contribution in [1.82, 2.24) is 0 Å². The van der Waals surface area contributed by atoms with Crippen LogP contribution in [0.4, 0.5) is 0 Å². The summed E-state index contributed by atoms with van der Waals surface area (Å²) in [5.41, 5.74) is 2.17. The third-order valence-corrected chi connectivity index (χ3v) is 4.07. The average Bonchev–Trinajstić information content (AvgIpc) is 2.58. The monoisotopic (exact) mass is 312 g/mol. The molecule has 0 saturated carbocycles. The second-order valence-electron chi connectivity index (χ2n) is 6.23. The minimum Gasteiger partial charge on any atom is -0.493 e. The highest BCUT2D eigenvalue weighted by atomic mass is 16.5. The molecule has 0 fully saturated rings. The van der Waals surface area contributed by atoms with Crippen LogP contribution in [-0.2, 0) is 16.8 Å². The fourth-order valence-electron chi connectivity index (χ4n) is 2.51. The second-order valence-corrected chi connectivity index (χ2v) is 6.23. The van der Waals surface area contributed by atoms with Crippen LogP contribution in [0.2, 0.25) is 0 Å². The van der Waals surface area contributed by atoms with Crippen molar-refractivity contribution in [2.45, 2.75) is 38.7 Å². The summed E-state index contributed by atoms with van der Waals surface area (Å²) in [6, 6.07) is 16.0. The first kappa shape index (κ1) is 17.1. The Balaban J connectivity index is 2.20. The van der Waals surface area contributed by atoms with Crippen LogP contribution in [0.25, 0.3) is 0 Å². The van der Waals surface area contributed by atoms with Crippen molar-refractivity contribution < 1.29 is 14.3 Å². The SMILES string of the molecule is COc1ccc(C(C)(C)CCC=O)cc1OCc1ccccc1. The molecule has 0 bridgehead atoms. The van der Waals surface area contributed by atoms with Crippen LogP contribution in [0.3, 0.4) is 0 Å². The molecule has 3 heteroatoms. The van der Waals surface area contributed by atoms with Gasteiger partial charge in [-0.3, -0.25) is 0 Å². The standard InChI is InChI=1S/C20H24O3/c1-20(2,12-7-13-21)17-10-11-18(22-3)19(14-17)23-15-16-8-5-4-6-9-16/h4-6,8-11,13-14H,7,12,15H2,1-3H3. The van der Waals surface area contributed by atoms with Crippen molar-refractivity contribution >= 4 is 6.29 Å². The molecule has 0 aliphatic carbocycles. The molecule has 2 aromatic rings. The zero-order chi connectivity index (χ0) is 16.7. The Kier molecular flexibility index (Phi) is 5.80. The molecular weight excluding hydrogens is 288 g/mol. The molecule has 122 valence electrons. The van der Waals surface area contributed by atoms with Gasteiger partial charge in [0.05, 0.1) is 7.11 Å². The molecule has 0 N–H and O–H groups in total. The van der Waals surface area contributed by atoms with E-state index in [4.69, 9.17) is 9.47 Å². The molecule has 2 rings (SSSR count). The van der Waals surface area contributed by atoms with Gasteiger partial charge in [0.1, 0.15) is 12.9 Å². The molecule has 0 aliphatic rings. The van der Waals surface area contributed by atoms with Gasteiger partial charge in [-0.1, -0.05) is 50.2 Å². The van der Waals surface area contributed by atoms with Crippen molar-refractivity contribution in [3.05, 3.63) is 59.7 Å². The van der Waals surface area contributed by atoms with Crippen LogP contribution in [0, 0.1) is 0 Å². The Morgan fingerprint density at radius 1 is 1.04 bits per heavy atom. The van der Waals surface area contributed by atoms with Crippen LogP contribution >= 0.6 is 0 Å². The van der Waals surface area contributed by atoms with E-state index in [0.717, 1.165) is 35.3 Å². The molecule has 0 radical (unpaired) electrons.